The highest BCUT2D eigenvalue weighted by Gasteiger charge is 2.17. The number of carboxylic acids is 1. The first-order valence-electron chi connectivity index (χ1n) is 5.27. The summed E-state index contributed by atoms with van der Waals surface area (Å²) < 4.78 is 5.25. The van der Waals surface area contributed by atoms with E-state index in [4.69, 9.17) is 9.84 Å². The topological polar surface area (TPSA) is 71.5 Å². The summed E-state index contributed by atoms with van der Waals surface area (Å²) in [7, 11) is 0. The average Bonchev–Trinajstić information content (AvgIpc) is 2.79. The van der Waals surface area contributed by atoms with Crippen molar-refractivity contribution in [3.05, 3.63) is 24.0 Å². The molecule has 1 saturated heterocycles. The smallest absolute Gasteiger partial charge is 0.356 e. The van der Waals surface area contributed by atoms with Crippen molar-refractivity contribution in [3.63, 3.8) is 0 Å². The van der Waals surface area contributed by atoms with Gasteiger partial charge in [-0.05, 0) is 18.6 Å². The molecule has 0 saturated carbocycles. The summed E-state index contributed by atoms with van der Waals surface area (Å²) in [6, 6.07) is 3.45. The normalized spacial score (nSPS) is 19.6. The highest BCUT2D eigenvalue weighted by atomic mass is 16.5. The van der Waals surface area contributed by atoms with Gasteiger partial charge in [0.2, 0.25) is 0 Å². The molecule has 16 heavy (non-hydrogen) atoms. The average molecular weight is 222 g/mol. The summed E-state index contributed by atoms with van der Waals surface area (Å²) in [5.74, 6) is -0.548. The van der Waals surface area contributed by atoms with Gasteiger partial charge < -0.3 is 15.2 Å². The molecule has 1 atom stereocenters. The first-order valence-corrected chi connectivity index (χ1v) is 5.27. The molecule has 86 valence electrons. The summed E-state index contributed by atoms with van der Waals surface area (Å²) in [5.41, 5.74) is 0.642. The number of hydrogen-bond donors (Lipinski definition) is 2. The third-order valence-corrected chi connectivity index (χ3v) is 2.62. The minimum Gasteiger partial charge on any atom is -0.476 e. The number of hydrogen-bond acceptors (Lipinski definition) is 4. The second-order valence-electron chi connectivity index (χ2n) is 3.82. The number of nitrogens with one attached hydrogen (secondary N) is 1. The summed E-state index contributed by atoms with van der Waals surface area (Å²) >= 11 is 0. The van der Waals surface area contributed by atoms with Gasteiger partial charge >= 0.3 is 5.97 Å². The van der Waals surface area contributed by atoms with Gasteiger partial charge in [-0.2, -0.15) is 0 Å². The van der Waals surface area contributed by atoms with E-state index in [9.17, 15) is 4.79 Å². The van der Waals surface area contributed by atoms with Crippen molar-refractivity contribution in [2.24, 2.45) is 5.92 Å². The number of aromatic nitrogens is 1. The maximum Gasteiger partial charge on any atom is 0.356 e. The number of ether oxygens (including phenoxy) is 1. The van der Waals surface area contributed by atoms with Crippen molar-refractivity contribution in [1.29, 1.82) is 0 Å². The lowest BCUT2D eigenvalue weighted by atomic mass is 10.1. The van der Waals surface area contributed by atoms with Crippen LogP contribution in [-0.2, 0) is 4.74 Å². The summed E-state index contributed by atoms with van der Waals surface area (Å²) in [5, 5.41) is 12.0. The molecule has 1 unspecified atom stereocenters. The maximum absolute atomic E-state index is 10.9. The molecule has 5 nitrogen and oxygen atoms in total. The molecule has 2 rings (SSSR count). The molecular formula is C11H14N2O3. The monoisotopic (exact) mass is 222 g/mol. The van der Waals surface area contributed by atoms with Gasteiger partial charge in [0.1, 0.15) is 0 Å². The van der Waals surface area contributed by atoms with Crippen LogP contribution in [-0.4, -0.2) is 35.8 Å². The first-order chi connectivity index (χ1) is 7.77. The Morgan fingerprint density at radius 1 is 1.69 bits per heavy atom. The third-order valence-electron chi connectivity index (χ3n) is 2.62. The van der Waals surface area contributed by atoms with Crippen LogP contribution in [0.4, 0.5) is 5.69 Å². The molecular weight excluding hydrogens is 208 g/mol. The molecule has 1 aliphatic rings. The molecule has 0 aliphatic carbocycles. The molecule has 1 aliphatic heterocycles. The van der Waals surface area contributed by atoms with Crippen molar-refractivity contribution in [2.75, 3.05) is 25.1 Å². The fourth-order valence-corrected chi connectivity index (χ4v) is 1.72. The van der Waals surface area contributed by atoms with Crippen molar-refractivity contribution < 1.29 is 14.6 Å². The highest BCUT2D eigenvalue weighted by Crippen LogP contribution is 2.16. The second-order valence-corrected chi connectivity index (χ2v) is 3.82. The minimum atomic E-state index is -1.01. The molecule has 0 amide bonds. The van der Waals surface area contributed by atoms with Gasteiger partial charge in [0, 0.05) is 25.3 Å². The molecule has 5 heteroatoms. The van der Waals surface area contributed by atoms with E-state index in [1.165, 1.54) is 6.20 Å². The van der Waals surface area contributed by atoms with Gasteiger partial charge in [0.25, 0.3) is 0 Å². The Morgan fingerprint density at radius 3 is 3.25 bits per heavy atom. The molecule has 0 spiro atoms. The molecule has 0 radical (unpaired) electrons. The Morgan fingerprint density at radius 2 is 2.56 bits per heavy atom. The van der Waals surface area contributed by atoms with E-state index in [0.29, 0.717) is 11.6 Å². The van der Waals surface area contributed by atoms with Crippen molar-refractivity contribution in [3.8, 4) is 0 Å². The van der Waals surface area contributed by atoms with E-state index < -0.39 is 5.97 Å². The largest absolute Gasteiger partial charge is 0.476 e. The van der Waals surface area contributed by atoms with Crippen LogP contribution in [0, 0.1) is 5.92 Å². The van der Waals surface area contributed by atoms with Crippen LogP contribution in [0.3, 0.4) is 0 Å². The van der Waals surface area contributed by atoms with E-state index in [-0.39, 0.29) is 5.69 Å². The fourth-order valence-electron chi connectivity index (χ4n) is 1.72. The zero-order chi connectivity index (χ0) is 11.4. The first kappa shape index (κ1) is 10.9. The molecule has 2 heterocycles. The van der Waals surface area contributed by atoms with Gasteiger partial charge in [-0.25, -0.2) is 9.78 Å². The van der Waals surface area contributed by atoms with Crippen LogP contribution >= 0.6 is 0 Å². The predicted octanol–water partition coefficient (Wildman–Crippen LogP) is 1.23. The molecule has 2 N–H and O–H groups in total. The molecule has 0 aromatic carbocycles. The van der Waals surface area contributed by atoms with E-state index in [1.54, 1.807) is 12.1 Å². The number of carbonyl (C=O) groups is 1. The summed E-state index contributed by atoms with van der Waals surface area (Å²) in [4.78, 5) is 14.7. The number of aromatic carboxylic acids is 1. The summed E-state index contributed by atoms with van der Waals surface area (Å²) in [6.45, 7) is 2.27. The fraction of sp³-hybridized carbons (Fsp3) is 0.455. The summed E-state index contributed by atoms with van der Waals surface area (Å²) in [6.07, 6.45) is 2.50. The van der Waals surface area contributed by atoms with Crippen LogP contribution in [0.2, 0.25) is 0 Å². The Kier molecular flexibility index (Phi) is 3.36. The number of anilines is 1. The van der Waals surface area contributed by atoms with Gasteiger partial charge in [-0.1, -0.05) is 0 Å². The lowest BCUT2D eigenvalue weighted by molar-refractivity contribution is 0.0691. The van der Waals surface area contributed by atoms with Crippen molar-refractivity contribution in [2.45, 2.75) is 6.42 Å². The number of nitrogens with zero attached hydrogens (tertiary/aromatic N) is 1. The Labute approximate surface area is 93.5 Å². The van der Waals surface area contributed by atoms with Crippen LogP contribution in [0.25, 0.3) is 0 Å². The van der Waals surface area contributed by atoms with Crippen LogP contribution in [0.1, 0.15) is 16.9 Å². The van der Waals surface area contributed by atoms with Gasteiger partial charge in [0.05, 0.1) is 12.3 Å². The van der Waals surface area contributed by atoms with Gasteiger partial charge in [-0.3, -0.25) is 0 Å². The quantitative estimate of drug-likeness (QED) is 0.801. The Balaban J connectivity index is 2.00. The molecule has 1 aromatic heterocycles. The standard InChI is InChI=1S/C11H14N2O3/c14-11(15)10-9(2-1-4-12-10)13-6-8-3-5-16-7-8/h1-2,4,8,13H,3,5-7H2,(H,14,15). The highest BCUT2D eigenvalue weighted by molar-refractivity contribution is 5.91. The lowest BCUT2D eigenvalue weighted by Gasteiger charge is -2.11. The van der Waals surface area contributed by atoms with Crippen LogP contribution < -0.4 is 5.32 Å². The van der Waals surface area contributed by atoms with Gasteiger partial charge in [0.15, 0.2) is 5.69 Å². The van der Waals surface area contributed by atoms with Crippen molar-refractivity contribution >= 4 is 11.7 Å². The van der Waals surface area contributed by atoms with E-state index in [2.05, 4.69) is 10.3 Å². The lowest BCUT2D eigenvalue weighted by Crippen LogP contribution is -2.16. The molecule has 0 bridgehead atoms. The Hall–Kier alpha value is -1.62. The number of carboxylic acid groups (broad SMARTS) is 1. The Bertz CT molecular complexity index is 375. The van der Waals surface area contributed by atoms with E-state index >= 15 is 0 Å². The maximum atomic E-state index is 10.9. The molecule has 1 aromatic rings. The SMILES string of the molecule is O=C(O)c1ncccc1NCC1CCOC1. The zero-order valence-corrected chi connectivity index (χ0v) is 8.85. The van der Waals surface area contributed by atoms with Crippen LogP contribution in [0.5, 0.6) is 0 Å². The minimum absolute atomic E-state index is 0.0708. The predicted molar refractivity (Wildman–Crippen MR) is 58.6 cm³/mol. The van der Waals surface area contributed by atoms with E-state index in [1.807, 2.05) is 0 Å². The number of pyridine rings is 1. The van der Waals surface area contributed by atoms with Crippen molar-refractivity contribution in [1.82, 2.24) is 4.98 Å². The van der Waals surface area contributed by atoms with Crippen LogP contribution in [0.15, 0.2) is 18.3 Å². The number of rotatable bonds is 4. The zero-order valence-electron chi connectivity index (χ0n) is 8.85. The van der Waals surface area contributed by atoms with Gasteiger partial charge in [-0.15, -0.1) is 0 Å². The molecule has 1 fully saturated rings. The second kappa shape index (κ2) is 4.94. The van der Waals surface area contributed by atoms with E-state index in [0.717, 1.165) is 26.2 Å². The third kappa shape index (κ3) is 2.49.